The second kappa shape index (κ2) is 5.65. The topological polar surface area (TPSA) is 32.3 Å². The monoisotopic (exact) mass is 252 g/mol. The first-order valence-electron chi connectivity index (χ1n) is 6.20. The minimum Gasteiger partial charge on any atom is -0.340 e. The fourth-order valence-corrected chi connectivity index (χ4v) is 3.10. The van der Waals surface area contributed by atoms with Gasteiger partial charge in [0, 0.05) is 25.0 Å². The number of aryl methyl sites for hydroxylation is 1. The number of hydrogen-bond acceptors (Lipinski definition) is 3. The smallest absolute Gasteiger partial charge is 0.254 e. The molecule has 1 aliphatic heterocycles. The number of nitrogens with one attached hydrogen (secondary N) is 1. The Morgan fingerprint density at radius 2 is 2.35 bits per heavy atom. The van der Waals surface area contributed by atoms with Gasteiger partial charge in [-0.3, -0.25) is 4.79 Å². The van der Waals surface area contributed by atoms with Crippen molar-refractivity contribution in [2.75, 3.05) is 20.1 Å². The lowest BCUT2D eigenvalue weighted by molar-refractivity contribution is 0.0775. The lowest BCUT2D eigenvalue weighted by atomic mass is 10.0. The number of carbonyl (C=O) groups excluding carboxylic acids is 1. The summed E-state index contributed by atoms with van der Waals surface area (Å²) >= 11 is 1.59. The fraction of sp³-hybridized carbons (Fsp3) is 0.615. The maximum absolute atomic E-state index is 12.2. The minimum atomic E-state index is 0.149. The molecule has 1 amide bonds. The molecule has 0 aliphatic carbocycles. The Labute approximate surface area is 107 Å². The molecule has 0 radical (unpaired) electrons. The highest BCUT2D eigenvalue weighted by Crippen LogP contribution is 2.16. The summed E-state index contributed by atoms with van der Waals surface area (Å²) in [5.74, 6) is 0.149. The quantitative estimate of drug-likeness (QED) is 0.895. The van der Waals surface area contributed by atoms with Gasteiger partial charge in [-0.15, -0.1) is 0 Å². The molecule has 3 nitrogen and oxygen atoms in total. The van der Waals surface area contributed by atoms with Gasteiger partial charge < -0.3 is 10.2 Å². The molecular formula is C13H20N2OS. The molecule has 1 aliphatic rings. The van der Waals surface area contributed by atoms with Crippen molar-refractivity contribution >= 4 is 17.2 Å². The molecule has 1 saturated heterocycles. The van der Waals surface area contributed by atoms with Crippen molar-refractivity contribution in [2.45, 2.75) is 32.2 Å². The van der Waals surface area contributed by atoms with Crippen LogP contribution in [0, 0.1) is 6.92 Å². The molecule has 1 fully saturated rings. The Hall–Kier alpha value is -0.870. The van der Waals surface area contributed by atoms with E-state index in [0.717, 1.165) is 24.2 Å². The average Bonchev–Trinajstić information content (AvgIpc) is 2.76. The van der Waals surface area contributed by atoms with Crippen LogP contribution < -0.4 is 5.32 Å². The summed E-state index contributed by atoms with van der Waals surface area (Å²) in [5.41, 5.74) is 1.94. The Bertz CT molecular complexity index is 383. The van der Waals surface area contributed by atoms with Crippen LogP contribution in [0.25, 0.3) is 0 Å². The molecule has 1 N–H and O–H groups in total. The van der Waals surface area contributed by atoms with E-state index in [4.69, 9.17) is 0 Å². The molecule has 0 spiro atoms. The van der Waals surface area contributed by atoms with Gasteiger partial charge >= 0.3 is 0 Å². The van der Waals surface area contributed by atoms with Gasteiger partial charge in [-0.05, 0) is 37.3 Å². The molecule has 0 bridgehead atoms. The highest BCUT2D eigenvalue weighted by Gasteiger charge is 2.19. The van der Waals surface area contributed by atoms with Crippen LogP contribution >= 0.6 is 11.3 Å². The molecule has 1 aromatic heterocycles. The molecule has 17 heavy (non-hydrogen) atoms. The van der Waals surface area contributed by atoms with Crippen LogP contribution in [-0.4, -0.2) is 37.0 Å². The zero-order valence-electron chi connectivity index (χ0n) is 10.5. The van der Waals surface area contributed by atoms with Crippen LogP contribution in [0.4, 0.5) is 0 Å². The van der Waals surface area contributed by atoms with Crippen LogP contribution in [0.1, 0.15) is 35.2 Å². The molecule has 1 atom stereocenters. The summed E-state index contributed by atoms with van der Waals surface area (Å²) in [6.07, 6.45) is 3.72. The standard InChI is InChI=1S/C13H20N2OS/c1-10-8-17-9-12(10)13(16)15(2)7-11-5-3-4-6-14-11/h8-9,11,14H,3-7H2,1-2H3. The molecule has 0 aromatic carbocycles. The summed E-state index contributed by atoms with van der Waals surface area (Å²) in [7, 11) is 1.90. The third-order valence-corrected chi connectivity index (χ3v) is 4.20. The van der Waals surface area contributed by atoms with Crippen molar-refractivity contribution in [3.8, 4) is 0 Å². The summed E-state index contributed by atoms with van der Waals surface area (Å²) in [4.78, 5) is 14.1. The lowest BCUT2D eigenvalue weighted by Gasteiger charge is -2.28. The molecule has 2 rings (SSSR count). The van der Waals surface area contributed by atoms with E-state index in [-0.39, 0.29) is 5.91 Å². The van der Waals surface area contributed by atoms with Crippen LogP contribution in [-0.2, 0) is 0 Å². The van der Waals surface area contributed by atoms with Gasteiger partial charge in [-0.25, -0.2) is 0 Å². The largest absolute Gasteiger partial charge is 0.340 e. The van der Waals surface area contributed by atoms with Gasteiger partial charge in [0.2, 0.25) is 0 Å². The Kier molecular flexibility index (Phi) is 4.18. The molecule has 1 aromatic rings. The number of amides is 1. The molecule has 94 valence electrons. The highest BCUT2D eigenvalue weighted by atomic mass is 32.1. The first kappa shape index (κ1) is 12.6. The lowest BCUT2D eigenvalue weighted by Crippen LogP contribution is -2.44. The second-order valence-corrected chi connectivity index (χ2v) is 5.54. The van der Waals surface area contributed by atoms with E-state index < -0.39 is 0 Å². The third kappa shape index (κ3) is 3.07. The second-order valence-electron chi connectivity index (χ2n) is 4.80. The average molecular weight is 252 g/mol. The van der Waals surface area contributed by atoms with Crippen molar-refractivity contribution in [1.29, 1.82) is 0 Å². The van der Waals surface area contributed by atoms with Gasteiger partial charge in [-0.2, -0.15) is 11.3 Å². The summed E-state index contributed by atoms with van der Waals surface area (Å²) in [6.45, 7) is 3.90. The molecule has 4 heteroatoms. The van der Waals surface area contributed by atoms with E-state index in [0.29, 0.717) is 6.04 Å². The van der Waals surface area contributed by atoms with Crippen molar-refractivity contribution in [2.24, 2.45) is 0 Å². The number of carbonyl (C=O) groups is 1. The van der Waals surface area contributed by atoms with E-state index >= 15 is 0 Å². The van der Waals surface area contributed by atoms with E-state index in [1.165, 1.54) is 19.3 Å². The summed E-state index contributed by atoms with van der Waals surface area (Å²) in [5, 5.41) is 7.45. The van der Waals surface area contributed by atoms with E-state index in [2.05, 4.69) is 5.32 Å². The van der Waals surface area contributed by atoms with Crippen LogP contribution in [0.2, 0.25) is 0 Å². The van der Waals surface area contributed by atoms with Gasteiger partial charge in [0.15, 0.2) is 0 Å². The van der Waals surface area contributed by atoms with E-state index in [1.54, 1.807) is 11.3 Å². The molecule has 0 saturated carbocycles. The normalized spacial score (nSPS) is 20.2. The minimum absolute atomic E-state index is 0.149. The predicted molar refractivity (Wildman–Crippen MR) is 71.7 cm³/mol. The number of hydrogen-bond donors (Lipinski definition) is 1. The highest BCUT2D eigenvalue weighted by molar-refractivity contribution is 7.08. The maximum atomic E-state index is 12.2. The van der Waals surface area contributed by atoms with Crippen LogP contribution in [0.5, 0.6) is 0 Å². The Balaban J connectivity index is 1.93. The van der Waals surface area contributed by atoms with E-state index in [9.17, 15) is 4.79 Å². The van der Waals surface area contributed by atoms with E-state index in [1.807, 2.05) is 29.6 Å². The summed E-state index contributed by atoms with van der Waals surface area (Å²) in [6, 6.07) is 0.469. The van der Waals surface area contributed by atoms with Gasteiger partial charge in [0.05, 0.1) is 5.56 Å². The number of nitrogens with zero attached hydrogens (tertiary/aromatic N) is 1. The van der Waals surface area contributed by atoms with Gasteiger partial charge in [0.25, 0.3) is 5.91 Å². The molecule has 2 heterocycles. The molecular weight excluding hydrogens is 232 g/mol. The number of thiophene rings is 1. The predicted octanol–water partition coefficient (Wildman–Crippen LogP) is 2.27. The fourth-order valence-electron chi connectivity index (χ4n) is 2.28. The zero-order chi connectivity index (χ0) is 12.3. The Morgan fingerprint density at radius 1 is 1.53 bits per heavy atom. The first-order chi connectivity index (χ1) is 8.18. The maximum Gasteiger partial charge on any atom is 0.254 e. The number of rotatable bonds is 3. The first-order valence-corrected chi connectivity index (χ1v) is 7.14. The third-order valence-electron chi connectivity index (χ3n) is 3.34. The SMILES string of the molecule is Cc1cscc1C(=O)N(C)CC1CCCCN1. The number of likely N-dealkylation sites (N-methyl/N-ethyl adjacent to an activating group) is 1. The van der Waals surface area contributed by atoms with Crippen LogP contribution in [0.3, 0.4) is 0 Å². The van der Waals surface area contributed by atoms with Gasteiger partial charge in [-0.1, -0.05) is 6.42 Å². The zero-order valence-corrected chi connectivity index (χ0v) is 11.3. The summed E-state index contributed by atoms with van der Waals surface area (Å²) < 4.78 is 0. The van der Waals surface area contributed by atoms with Crippen molar-refractivity contribution in [3.63, 3.8) is 0 Å². The van der Waals surface area contributed by atoms with Crippen molar-refractivity contribution in [3.05, 3.63) is 21.9 Å². The number of piperidine rings is 1. The molecule has 1 unspecified atom stereocenters. The van der Waals surface area contributed by atoms with Crippen molar-refractivity contribution < 1.29 is 4.79 Å². The van der Waals surface area contributed by atoms with Crippen LogP contribution in [0.15, 0.2) is 10.8 Å². The van der Waals surface area contributed by atoms with Crippen molar-refractivity contribution in [1.82, 2.24) is 10.2 Å². The Morgan fingerprint density at radius 3 is 2.94 bits per heavy atom. The van der Waals surface area contributed by atoms with Gasteiger partial charge in [0.1, 0.15) is 0 Å².